The number of rotatable bonds is 6. The van der Waals surface area contributed by atoms with Gasteiger partial charge < -0.3 is 5.32 Å². The summed E-state index contributed by atoms with van der Waals surface area (Å²) in [4.78, 5) is 1.43. The van der Waals surface area contributed by atoms with Crippen molar-refractivity contribution in [1.29, 1.82) is 0 Å². The zero-order valence-electron chi connectivity index (χ0n) is 9.47. The number of thiophene rings is 1. The first kappa shape index (κ1) is 11.7. The van der Waals surface area contributed by atoms with E-state index in [2.05, 4.69) is 43.6 Å². The normalized spacial score (nSPS) is 11.9. The summed E-state index contributed by atoms with van der Waals surface area (Å²) in [6, 6.07) is 4.32. The van der Waals surface area contributed by atoms with Crippen molar-refractivity contribution in [3.63, 3.8) is 0 Å². The highest BCUT2D eigenvalue weighted by molar-refractivity contribution is 7.09. The average Bonchev–Trinajstić information content (AvgIpc) is 2.74. The fraction of sp³-hybridized carbons (Fsp3) is 0.667. The van der Waals surface area contributed by atoms with Crippen LogP contribution in [0, 0.1) is 0 Å². The van der Waals surface area contributed by atoms with Crippen LogP contribution in [0.3, 0.4) is 0 Å². The predicted octanol–water partition coefficient (Wildman–Crippen LogP) is 3.81. The Morgan fingerprint density at radius 1 is 1.21 bits per heavy atom. The SMILES string of the molecule is CCC(CC)(CC)NCc1cccs1. The zero-order chi connectivity index (χ0) is 10.4. The highest BCUT2D eigenvalue weighted by atomic mass is 32.1. The molecule has 0 fully saturated rings. The van der Waals surface area contributed by atoms with Crippen molar-refractivity contribution in [3.8, 4) is 0 Å². The van der Waals surface area contributed by atoms with Crippen molar-refractivity contribution < 1.29 is 0 Å². The highest BCUT2D eigenvalue weighted by Crippen LogP contribution is 2.20. The van der Waals surface area contributed by atoms with Crippen LogP contribution in [0.5, 0.6) is 0 Å². The molecule has 0 atom stereocenters. The molecule has 0 aromatic carbocycles. The van der Waals surface area contributed by atoms with Crippen molar-refractivity contribution >= 4 is 11.3 Å². The molecule has 0 bridgehead atoms. The van der Waals surface area contributed by atoms with Gasteiger partial charge in [-0.1, -0.05) is 26.8 Å². The monoisotopic (exact) mass is 211 g/mol. The van der Waals surface area contributed by atoms with Gasteiger partial charge in [0, 0.05) is 17.0 Å². The molecule has 0 amide bonds. The lowest BCUT2D eigenvalue weighted by atomic mass is 9.90. The van der Waals surface area contributed by atoms with Gasteiger partial charge in [-0.15, -0.1) is 11.3 Å². The molecule has 0 unspecified atom stereocenters. The molecule has 0 saturated carbocycles. The maximum absolute atomic E-state index is 3.70. The number of nitrogens with one attached hydrogen (secondary N) is 1. The third-order valence-corrected chi connectivity index (χ3v) is 4.12. The molecule has 0 aliphatic carbocycles. The third kappa shape index (κ3) is 2.82. The molecule has 1 heterocycles. The molecule has 0 saturated heterocycles. The Balaban J connectivity index is 2.48. The van der Waals surface area contributed by atoms with Crippen LogP contribution in [0.25, 0.3) is 0 Å². The molecule has 14 heavy (non-hydrogen) atoms. The summed E-state index contributed by atoms with van der Waals surface area (Å²) in [5, 5.41) is 5.84. The lowest BCUT2D eigenvalue weighted by Crippen LogP contribution is -2.42. The Labute approximate surface area is 91.5 Å². The van der Waals surface area contributed by atoms with Crippen molar-refractivity contribution in [2.75, 3.05) is 0 Å². The second kappa shape index (κ2) is 5.52. The molecule has 0 aliphatic rings. The van der Waals surface area contributed by atoms with Gasteiger partial charge in [0.25, 0.3) is 0 Å². The molecule has 1 aromatic rings. The second-order valence-corrected chi connectivity index (χ2v) is 4.81. The summed E-state index contributed by atoms with van der Waals surface area (Å²) >= 11 is 1.83. The topological polar surface area (TPSA) is 12.0 Å². The Morgan fingerprint density at radius 3 is 2.29 bits per heavy atom. The maximum Gasteiger partial charge on any atom is 0.0304 e. The zero-order valence-corrected chi connectivity index (χ0v) is 10.3. The smallest absolute Gasteiger partial charge is 0.0304 e. The van der Waals surface area contributed by atoms with E-state index in [4.69, 9.17) is 0 Å². The van der Waals surface area contributed by atoms with E-state index in [9.17, 15) is 0 Å². The van der Waals surface area contributed by atoms with Gasteiger partial charge in [-0.25, -0.2) is 0 Å². The Kier molecular flexibility index (Phi) is 4.63. The van der Waals surface area contributed by atoms with Gasteiger partial charge in [0.1, 0.15) is 0 Å². The van der Waals surface area contributed by atoms with E-state index in [-0.39, 0.29) is 0 Å². The predicted molar refractivity (Wildman–Crippen MR) is 64.8 cm³/mol. The molecule has 0 radical (unpaired) electrons. The minimum absolute atomic E-state index is 0.351. The molecular weight excluding hydrogens is 190 g/mol. The Bertz CT molecular complexity index is 229. The average molecular weight is 211 g/mol. The number of hydrogen-bond acceptors (Lipinski definition) is 2. The van der Waals surface area contributed by atoms with Crippen molar-refractivity contribution in [2.24, 2.45) is 0 Å². The molecular formula is C12H21NS. The van der Waals surface area contributed by atoms with E-state index in [0.29, 0.717) is 5.54 Å². The number of hydrogen-bond donors (Lipinski definition) is 1. The van der Waals surface area contributed by atoms with Crippen molar-refractivity contribution in [1.82, 2.24) is 5.32 Å². The summed E-state index contributed by atoms with van der Waals surface area (Å²) in [5.74, 6) is 0. The molecule has 80 valence electrons. The molecule has 0 spiro atoms. The van der Waals surface area contributed by atoms with Crippen LogP contribution >= 0.6 is 11.3 Å². The molecule has 1 nitrogen and oxygen atoms in total. The maximum atomic E-state index is 3.70. The molecule has 1 N–H and O–H groups in total. The van der Waals surface area contributed by atoms with Crippen molar-refractivity contribution in [2.45, 2.75) is 52.1 Å². The molecule has 1 aromatic heterocycles. The molecule has 2 heteroatoms. The molecule has 1 rings (SSSR count). The van der Waals surface area contributed by atoms with Crippen LogP contribution in [0.2, 0.25) is 0 Å². The Morgan fingerprint density at radius 2 is 1.86 bits per heavy atom. The van der Waals surface area contributed by atoms with E-state index < -0.39 is 0 Å². The highest BCUT2D eigenvalue weighted by Gasteiger charge is 2.22. The standard InChI is InChI=1S/C12H21NS/c1-4-12(5-2,6-3)13-10-11-8-7-9-14-11/h7-9,13H,4-6,10H2,1-3H3. The first-order chi connectivity index (χ1) is 6.76. The van der Waals surface area contributed by atoms with Crippen LogP contribution in [0.1, 0.15) is 44.9 Å². The summed E-state index contributed by atoms with van der Waals surface area (Å²) < 4.78 is 0. The van der Waals surface area contributed by atoms with E-state index in [0.717, 1.165) is 6.54 Å². The van der Waals surface area contributed by atoms with E-state index in [1.807, 2.05) is 11.3 Å². The molecule has 0 aliphatic heterocycles. The van der Waals surface area contributed by atoms with Crippen LogP contribution in [0.15, 0.2) is 17.5 Å². The van der Waals surface area contributed by atoms with Gasteiger partial charge >= 0.3 is 0 Å². The van der Waals surface area contributed by atoms with Gasteiger partial charge in [0.15, 0.2) is 0 Å². The van der Waals surface area contributed by atoms with Gasteiger partial charge in [-0.3, -0.25) is 0 Å². The quantitative estimate of drug-likeness (QED) is 0.754. The van der Waals surface area contributed by atoms with Crippen LogP contribution in [-0.2, 0) is 6.54 Å². The van der Waals surface area contributed by atoms with Gasteiger partial charge in [-0.2, -0.15) is 0 Å². The first-order valence-corrected chi connectivity index (χ1v) is 6.41. The fourth-order valence-electron chi connectivity index (χ4n) is 1.81. The van der Waals surface area contributed by atoms with Crippen LogP contribution in [-0.4, -0.2) is 5.54 Å². The summed E-state index contributed by atoms with van der Waals surface area (Å²) in [6.07, 6.45) is 3.64. The van der Waals surface area contributed by atoms with Gasteiger partial charge in [0.2, 0.25) is 0 Å². The van der Waals surface area contributed by atoms with Crippen LogP contribution < -0.4 is 5.32 Å². The second-order valence-electron chi connectivity index (χ2n) is 3.77. The van der Waals surface area contributed by atoms with Crippen LogP contribution in [0.4, 0.5) is 0 Å². The minimum Gasteiger partial charge on any atom is -0.306 e. The van der Waals surface area contributed by atoms with E-state index >= 15 is 0 Å². The minimum atomic E-state index is 0.351. The van der Waals surface area contributed by atoms with Gasteiger partial charge in [0.05, 0.1) is 0 Å². The van der Waals surface area contributed by atoms with Gasteiger partial charge in [-0.05, 0) is 30.7 Å². The van der Waals surface area contributed by atoms with E-state index in [1.54, 1.807) is 0 Å². The summed E-state index contributed by atoms with van der Waals surface area (Å²) in [7, 11) is 0. The van der Waals surface area contributed by atoms with E-state index in [1.165, 1.54) is 24.1 Å². The third-order valence-electron chi connectivity index (χ3n) is 3.25. The summed E-state index contributed by atoms with van der Waals surface area (Å²) in [5.41, 5.74) is 0.351. The Hall–Kier alpha value is -0.340. The lowest BCUT2D eigenvalue weighted by Gasteiger charge is -2.31. The fourth-order valence-corrected chi connectivity index (χ4v) is 2.46. The summed E-state index contributed by atoms with van der Waals surface area (Å²) in [6.45, 7) is 7.84. The largest absolute Gasteiger partial charge is 0.306 e. The first-order valence-electron chi connectivity index (χ1n) is 5.53. The lowest BCUT2D eigenvalue weighted by molar-refractivity contribution is 0.289. The van der Waals surface area contributed by atoms with Crippen molar-refractivity contribution in [3.05, 3.63) is 22.4 Å².